The van der Waals surface area contributed by atoms with E-state index >= 15 is 0 Å². The van der Waals surface area contributed by atoms with E-state index in [1.54, 1.807) is 13.3 Å². The van der Waals surface area contributed by atoms with Crippen LogP contribution in [0.5, 0.6) is 5.75 Å². The fraction of sp³-hybridized carbons (Fsp3) is 0.577. The third-order valence-corrected chi connectivity index (χ3v) is 10.9. The van der Waals surface area contributed by atoms with Gasteiger partial charge in [0.1, 0.15) is 12.9 Å². The number of thiazole rings is 1. The Hall–Kier alpha value is -1.45. The highest BCUT2D eigenvalue weighted by atomic mass is 79.9. The van der Waals surface area contributed by atoms with Gasteiger partial charge in [0, 0.05) is 22.9 Å². The number of benzene rings is 1. The summed E-state index contributed by atoms with van der Waals surface area (Å²) >= 11 is 8.71. The number of carbonyl (C=O) groups is 1. The number of phenolic OH excluding ortho intramolecular Hbond substituents is 1. The maximum absolute atomic E-state index is 12.7. The molecule has 5 unspecified atom stereocenters. The molecule has 1 heterocycles. The summed E-state index contributed by atoms with van der Waals surface area (Å²) in [4.78, 5) is 23.4. The number of aryl methyl sites for hydroxylation is 1. The number of carbonyl (C=O) groups excluding carboxylic acids is 1. The van der Waals surface area contributed by atoms with Crippen LogP contribution in [-0.2, 0) is 16.1 Å². The molecule has 1 amide bonds. The number of nitrogens with zero attached hydrogens (tertiary/aromatic N) is 2. The van der Waals surface area contributed by atoms with Crippen LogP contribution in [0.25, 0.3) is 0 Å². The Morgan fingerprint density at radius 3 is 2.91 bits per heavy atom. The number of hydrogen-bond acceptors (Lipinski definition) is 6. The zero-order valence-electron chi connectivity index (χ0n) is 20.2. The van der Waals surface area contributed by atoms with E-state index in [1.807, 2.05) is 6.92 Å². The van der Waals surface area contributed by atoms with Gasteiger partial charge in [-0.1, -0.05) is 12.1 Å². The van der Waals surface area contributed by atoms with E-state index in [-0.39, 0.29) is 17.1 Å². The van der Waals surface area contributed by atoms with Crippen LogP contribution in [0.3, 0.4) is 0 Å². The normalized spacial score (nSPS) is 30.5. The fourth-order valence-corrected chi connectivity index (χ4v) is 9.18. The van der Waals surface area contributed by atoms with Crippen molar-refractivity contribution in [3.8, 4) is 5.75 Å². The van der Waals surface area contributed by atoms with Crippen molar-refractivity contribution in [2.75, 3.05) is 12.4 Å². The topological polar surface area (TPSA) is 83.8 Å². The zero-order chi connectivity index (χ0) is 24.9. The van der Waals surface area contributed by atoms with Gasteiger partial charge in [-0.3, -0.25) is 4.79 Å². The van der Waals surface area contributed by atoms with Crippen LogP contribution in [0.4, 0.5) is 5.13 Å². The first-order valence-electron chi connectivity index (χ1n) is 12.3. The number of aromatic nitrogens is 1. The number of rotatable bonds is 5. The maximum atomic E-state index is 12.7. The van der Waals surface area contributed by atoms with Gasteiger partial charge >= 0.3 is 0 Å². The molecule has 0 aliphatic heterocycles. The molecule has 3 aliphatic carbocycles. The number of amides is 1. The quantitative estimate of drug-likeness (QED) is 0.345. The molecule has 3 aliphatic rings. The highest BCUT2D eigenvalue weighted by molar-refractivity contribution is 9.11. The number of hydrogen-bond donors (Lipinski definition) is 2. The van der Waals surface area contributed by atoms with Gasteiger partial charge in [-0.05, 0) is 118 Å². The summed E-state index contributed by atoms with van der Waals surface area (Å²) in [6.07, 6.45) is 8.16. The Labute approximate surface area is 227 Å². The number of halogens is 2. The molecule has 9 heteroatoms. The van der Waals surface area contributed by atoms with E-state index < -0.39 is 0 Å². The van der Waals surface area contributed by atoms with Crippen molar-refractivity contribution >= 4 is 59.9 Å². The number of oxime groups is 1. The summed E-state index contributed by atoms with van der Waals surface area (Å²) in [6.45, 7) is 4.35. The van der Waals surface area contributed by atoms with Gasteiger partial charge in [-0.25, -0.2) is 4.98 Å². The molecule has 1 aromatic carbocycles. The summed E-state index contributed by atoms with van der Waals surface area (Å²) < 4.78 is 1.57. The highest BCUT2D eigenvalue weighted by Gasteiger charge is 2.57. The average Bonchev–Trinajstić information content (AvgIpc) is 3.36. The second kappa shape index (κ2) is 9.78. The van der Waals surface area contributed by atoms with E-state index in [1.165, 1.54) is 22.5 Å². The van der Waals surface area contributed by atoms with Gasteiger partial charge < -0.3 is 15.3 Å². The van der Waals surface area contributed by atoms with Crippen LogP contribution < -0.4 is 5.32 Å². The van der Waals surface area contributed by atoms with Crippen molar-refractivity contribution in [3.05, 3.63) is 37.2 Å². The van der Waals surface area contributed by atoms with Crippen LogP contribution in [0.1, 0.15) is 67.4 Å². The Bertz CT molecular complexity index is 1180. The van der Waals surface area contributed by atoms with E-state index in [0.29, 0.717) is 35.2 Å². The molecule has 188 valence electrons. The Morgan fingerprint density at radius 2 is 2.20 bits per heavy atom. The molecule has 1 aromatic heterocycles. The minimum absolute atomic E-state index is 0.00632. The smallest absolute Gasteiger partial charge is 0.226 e. The van der Waals surface area contributed by atoms with Crippen molar-refractivity contribution in [2.24, 2.45) is 28.3 Å². The molecule has 2 N–H and O–H groups in total. The van der Waals surface area contributed by atoms with Crippen LogP contribution in [-0.4, -0.2) is 28.8 Å². The summed E-state index contributed by atoms with van der Waals surface area (Å²) in [5.74, 6) is 2.12. The third-order valence-electron chi connectivity index (χ3n) is 8.58. The minimum Gasteiger partial charge on any atom is -0.506 e. The standard InChI is InChI=1S/C26H31Br2N3O3S/c1-13-12-29-25(35-13)30-21(32)7-4-14-10-20(31-34-3)26(2)9-8-15-16(22(14)26)5-6-17-18(15)11-19(27)24(33)23(17)28/h11-12,14-16,22,33H,4-10H2,1-3H3,(H,29,30,32)/b31-20+. The van der Waals surface area contributed by atoms with Crippen molar-refractivity contribution in [3.63, 3.8) is 0 Å². The lowest BCUT2D eigenvalue weighted by Crippen LogP contribution is -2.44. The lowest BCUT2D eigenvalue weighted by atomic mass is 9.54. The Balaban J connectivity index is 1.41. The lowest BCUT2D eigenvalue weighted by Gasteiger charge is -2.50. The van der Waals surface area contributed by atoms with Gasteiger partial charge in [0.25, 0.3) is 0 Å². The molecule has 6 nitrogen and oxygen atoms in total. The first-order chi connectivity index (χ1) is 16.7. The van der Waals surface area contributed by atoms with E-state index in [4.69, 9.17) is 4.84 Å². The number of aromatic hydroxyl groups is 1. The molecule has 2 saturated carbocycles. The van der Waals surface area contributed by atoms with Gasteiger partial charge in [0.2, 0.25) is 5.91 Å². The first kappa shape index (κ1) is 25.2. The van der Waals surface area contributed by atoms with Gasteiger partial charge in [-0.15, -0.1) is 11.3 Å². The van der Waals surface area contributed by atoms with Crippen molar-refractivity contribution in [2.45, 2.75) is 64.7 Å². The maximum Gasteiger partial charge on any atom is 0.226 e. The molecule has 0 spiro atoms. The molecule has 0 saturated heterocycles. The number of phenols is 1. The van der Waals surface area contributed by atoms with E-state index in [0.717, 1.165) is 58.1 Å². The monoisotopic (exact) mass is 623 g/mol. The van der Waals surface area contributed by atoms with Crippen molar-refractivity contribution in [1.82, 2.24) is 4.98 Å². The van der Waals surface area contributed by atoms with Gasteiger partial charge in [0.05, 0.1) is 14.7 Å². The zero-order valence-corrected chi connectivity index (χ0v) is 24.2. The summed E-state index contributed by atoms with van der Waals surface area (Å²) in [6, 6.07) is 2.13. The lowest BCUT2D eigenvalue weighted by molar-refractivity contribution is -0.116. The SMILES string of the molecule is CO/N=C1\CC(CCC(=O)Nc2ncc(C)s2)C2C3CCc4c(cc(Br)c(O)c4Br)C3CCC12C. The van der Waals surface area contributed by atoms with Gasteiger partial charge in [0.15, 0.2) is 5.13 Å². The second-order valence-electron chi connectivity index (χ2n) is 10.4. The van der Waals surface area contributed by atoms with E-state index in [2.05, 4.69) is 60.3 Å². The molecule has 35 heavy (non-hydrogen) atoms. The largest absolute Gasteiger partial charge is 0.506 e. The van der Waals surface area contributed by atoms with E-state index in [9.17, 15) is 9.90 Å². The van der Waals surface area contributed by atoms with Crippen molar-refractivity contribution < 1.29 is 14.7 Å². The Morgan fingerprint density at radius 1 is 1.40 bits per heavy atom. The molecule has 5 atom stereocenters. The summed E-state index contributed by atoms with van der Waals surface area (Å²) in [5.41, 5.74) is 3.75. The van der Waals surface area contributed by atoms with Crippen LogP contribution >= 0.6 is 43.2 Å². The highest BCUT2D eigenvalue weighted by Crippen LogP contribution is 2.63. The molecule has 5 rings (SSSR count). The van der Waals surface area contributed by atoms with Crippen molar-refractivity contribution in [1.29, 1.82) is 0 Å². The molecule has 2 fully saturated rings. The second-order valence-corrected chi connectivity index (χ2v) is 13.3. The number of anilines is 1. The molecule has 2 aromatic rings. The number of nitrogens with one attached hydrogen (secondary N) is 1. The molecule has 0 bridgehead atoms. The molecule has 0 radical (unpaired) electrons. The molecular weight excluding hydrogens is 594 g/mol. The average molecular weight is 625 g/mol. The minimum atomic E-state index is -0.00632. The number of fused-ring (bicyclic) bond motifs is 5. The fourth-order valence-electron chi connectivity index (χ4n) is 7.15. The third kappa shape index (κ3) is 4.46. The predicted octanol–water partition coefficient (Wildman–Crippen LogP) is 7.19. The van der Waals surface area contributed by atoms with Gasteiger partial charge in [-0.2, -0.15) is 0 Å². The predicted molar refractivity (Wildman–Crippen MR) is 146 cm³/mol. The van der Waals surface area contributed by atoms with Crippen LogP contribution in [0.15, 0.2) is 26.4 Å². The van der Waals surface area contributed by atoms with Crippen LogP contribution in [0.2, 0.25) is 0 Å². The molecular formula is C26H31Br2N3O3S. The first-order valence-corrected chi connectivity index (χ1v) is 14.7. The summed E-state index contributed by atoms with van der Waals surface area (Å²) in [5, 5.41) is 18.6. The van der Waals surface area contributed by atoms with Crippen LogP contribution in [0, 0.1) is 30.1 Å². The summed E-state index contributed by atoms with van der Waals surface area (Å²) in [7, 11) is 1.63. The Kier molecular flexibility index (Phi) is 7.05.